The van der Waals surface area contributed by atoms with E-state index in [1.165, 1.54) is 0 Å². The molecule has 1 fully saturated rings. The molecule has 3 aliphatic rings. The van der Waals surface area contributed by atoms with Crippen molar-refractivity contribution >= 4 is 17.5 Å². The molecule has 0 unspecified atom stereocenters. The number of carbonyl (C=O) groups excluding carboxylic acids is 2. The summed E-state index contributed by atoms with van der Waals surface area (Å²) in [6.45, 7) is 5.20. The summed E-state index contributed by atoms with van der Waals surface area (Å²) in [4.78, 5) is 29.7. The summed E-state index contributed by atoms with van der Waals surface area (Å²) in [6.07, 6.45) is 4.62. The minimum absolute atomic E-state index is 0.0705. The van der Waals surface area contributed by atoms with Crippen LogP contribution >= 0.6 is 0 Å². The minimum atomic E-state index is -0.0726. The molecule has 0 saturated heterocycles. The molecule has 31 heavy (non-hydrogen) atoms. The van der Waals surface area contributed by atoms with Crippen molar-refractivity contribution in [3.05, 3.63) is 65.7 Å². The molecule has 5 rings (SSSR count). The van der Waals surface area contributed by atoms with E-state index in [0.717, 1.165) is 48.3 Å². The third-order valence-electron chi connectivity index (χ3n) is 6.46. The number of benzene rings is 2. The normalized spacial score (nSPS) is 17.4. The van der Waals surface area contributed by atoms with Crippen LogP contribution in [0.15, 0.2) is 49.0 Å². The van der Waals surface area contributed by atoms with Crippen LogP contribution in [0, 0.1) is 0 Å². The van der Waals surface area contributed by atoms with Crippen LogP contribution < -0.4 is 9.47 Å². The fourth-order valence-corrected chi connectivity index (χ4v) is 4.80. The standard InChI is InChI=1S/C25H26N2O4/c1-17-20-8-4-5-9-21(20)25(29)26(17)13-12-24(28)27(19-6-2-3-7-19)15-18-10-11-22-23(14-18)31-16-30-22/h4-5,8-11,14,19H,1-3,6-7,12-13,15-16H2. The van der Waals surface area contributed by atoms with Crippen LogP contribution in [-0.2, 0) is 11.3 Å². The van der Waals surface area contributed by atoms with Gasteiger partial charge in [-0.15, -0.1) is 0 Å². The Bertz CT molecular complexity index is 1010. The molecule has 0 spiro atoms. The molecule has 2 aliphatic heterocycles. The average molecular weight is 418 g/mol. The van der Waals surface area contributed by atoms with Crippen molar-refractivity contribution in [1.82, 2.24) is 9.80 Å². The molecule has 0 N–H and O–H groups in total. The van der Waals surface area contributed by atoms with E-state index >= 15 is 0 Å². The summed E-state index contributed by atoms with van der Waals surface area (Å²) in [6, 6.07) is 13.6. The van der Waals surface area contributed by atoms with Gasteiger partial charge >= 0.3 is 0 Å². The quantitative estimate of drug-likeness (QED) is 0.705. The van der Waals surface area contributed by atoms with Crippen molar-refractivity contribution in [3.8, 4) is 11.5 Å². The topological polar surface area (TPSA) is 59.1 Å². The second kappa shape index (κ2) is 8.10. The lowest BCUT2D eigenvalue weighted by Crippen LogP contribution is -2.40. The first kappa shape index (κ1) is 19.7. The third kappa shape index (κ3) is 3.67. The van der Waals surface area contributed by atoms with Crippen LogP contribution in [0.2, 0.25) is 0 Å². The maximum absolute atomic E-state index is 13.3. The van der Waals surface area contributed by atoms with E-state index in [1.807, 2.05) is 47.4 Å². The average Bonchev–Trinajstić information content (AvgIpc) is 3.52. The second-order valence-corrected chi connectivity index (χ2v) is 8.35. The van der Waals surface area contributed by atoms with E-state index in [4.69, 9.17) is 9.47 Å². The zero-order chi connectivity index (χ0) is 21.4. The number of ether oxygens (including phenoxy) is 2. The van der Waals surface area contributed by atoms with Gasteiger partial charge in [0.25, 0.3) is 5.91 Å². The Morgan fingerprint density at radius 1 is 1.06 bits per heavy atom. The maximum Gasteiger partial charge on any atom is 0.258 e. The Labute approximate surface area is 182 Å². The number of amides is 2. The first-order valence-corrected chi connectivity index (χ1v) is 10.9. The molecular weight excluding hydrogens is 392 g/mol. The highest BCUT2D eigenvalue weighted by atomic mass is 16.7. The van der Waals surface area contributed by atoms with E-state index < -0.39 is 0 Å². The SMILES string of the molecule is C=C1c2ccccc2C(=O)N1CCC(=O)N(Cc1ccc2c(c1)OCO2)C1CCCC1. The lowest BCUT2D eigenvalue weighted by molar-refractivity contribution is -0.134. The van der Waals surface area contributed by atoms with Crippen molar-refractivity contribution in [2.75, 3.05) is 13.3 Å². The van der Waals surface area contributed by atoms with Crippen molar-refractivity contribution < 1.29 is 19.1 Å². The summed E-state index contributed by atoms with van der Waals surface area (Å²) in [5, 5.41) is 0. The Morgan fingerprint density at radius 3 is 2.58 bits per heavy atom. The molecule has 2 aromatic rings. The Morgan fingerprint density at radius 2 is 1.81 bits per heavy atom. The molecule has 1 saturated carbocycles. The highest BCUT2D eigenvalue weighted by Gasteiger charge is 2.32. The summed E-state index contributed by atoms with van der Waals surface area (Å²) in [7, 11) is 0. The molecule has 0 aromatic heterocycles. The summed E-state index contributed by atoms with van der Waals surface area (Å²) < 4.78 is 10.9. The van der Waals surface area contributed by atoms with Gasteiger partial charge in [-0.2, -0.15) is 0 Å². The molecule has 0 atom stereocenters. The lowest BCUT2D eigenvalue weighted by atomic mass is 10.1. The van der Waals surface area contributed by atoms with Gasteiger partial charge in [0.15, 0.2) is 11.5 Å². The van der Waals surface area contributed by atoms with Crippen LogP contribution in [0.5, 0.6) is 11.5 Å². The first-order chi connectivity index (χ1) is 15.1. The van der Waals surface area contributed by atoms with Crippen LogP contribution in [0.25, 0.3) is 5.70 Å². The predicted molar refractivity (Wildman–Crippen MR) is 117 cm³/mol. The summed E-state index contributed by atoms with van der Waals surface area (Å²) in [5.41, 5.74) is 3.22. The molecule has 160 valence electrons. The number of carbonyl (C=O) groups is 2. The number of fused-ring (bicyclic) bond motifs is 2. The highest BCUT2D eigenvalue weighted by Crippen LogP contribution is 2.34. The van der Waals surface area contributed by atoms with Crippen molar-refractivity contribution in [2.24, 2.45) is 0 Å². The number of nitrogens with zero attached hydrogens (tertiary/aromatic N) is 2. The summed E-state index contributed by atoms with van der Waals surface area (Å²) >= 11 is 0. The Balaban J connectivity index is 1.29. The van der Waals surface area contributed by atoms with Crippen LogP contribution in [-0.4, -0.2) is 41.0 Å². The van der Waals surface area contributed by atoms with E-state index in [0.29, 0.717) is 24.4 Å². The van der Waals surface area contributed by atoms with Crippen molar-refractivity contribution in [3.63, 3.8) is 0 Å². The zero-order valence-electron chi connectivity index (χ0n) is 17.5. The molecule has 2 amide bonds. The number of rotatable bonds is 6. The molecule has 0 bridgehead atoms. The zero-order valence-corrected chi connectivity index (χ0v) is 17.5. The van der Waals surface area contributed by atoms with E-state index in [1.54, 1.807) is 4.90 Å². The Kier molecular flexibility index (Phi) is 5.14. The van der Waals surface area contributed by atoms with Gasteiger partial charge in [0.05, 0.1) is 0 Å². The van der Waals surface area contributed by atoms with Gasteiger partial charge < -0.3 is 19.3 Å². The molecule has 1 aliphatic carbocycles. The van der Waals surface area contributed by atoms with Gasteiger partial charge in [-0.3, -0.25) is 9.59 Å². The van der Waals surface area contributed by atoms with Gasteiger partial charge in [0.2, 0.25) is 12.7 Å². The highest BCUT2D eigenvalue weighted by molar-refractivity contribution is 6.08. The van der Waals surface area contributed by atoms with Gasteiger partial charge in [0, 0.05) is 42.4 Å². The predicted octanol–water partition coefficient (Wildman–Crippen LogP) is 4.20. The largest absolute Gasteiger partial charge is 0.454 e. The van der Waals surface area contributed by atoms with E-state index in [-0.39, 0.29) is 31.1 Å². The fraction of sp³-hybridized carbons (Fsp3) is 0.360. The molecular formula is C25H26N2O4. The first-order valence-electron chi connectivity index (χ1n) is 10.9. The smallest absolute Gasteiger partial charge is 0.258 e. The van der Waals surface area contributed by atoms with Crippen LogP contribution in [0.4, 0.5) is 0 Å². The molecule has 6 heteroatoms. The Hall–Kier alpha value is -3.28. The van der Waals surface area contributed by atoms with Crippen LogP contribution in [0.1, 0.15) is 53.6 Å². The van der Waals surface area contributed by atoms with Crippen molar-refractivity contribution in [2.45, 2.75) is 44.7 Å². The van der Waals surface area contributed by atoms with Gasteiger partial charge in [-0.1, -0.05) is 43.7 Å². The third-order valence-corrected chi connectivity index (χ3v) is 6.46. The molecule has 0 radical (unpaired) electrons. The van der Waals surface area contributed by atoms with E-state index in [9.17, 15) is 9.59 Å². The van der Waals surface area contributed by atoms with Crippen LogP contribution in [0.3, 0.4) is 0 Å². The fourth-order valence-electron chi connectivity index (χ4n) is 4.80. The molecule has 2 heterocycles. The summed E-state index contributed by atoms with van der Waals surface area (Å²) in [5.74, 6) is 1.47. The maximum atomic E-state index is 13.3. The minimum Gasteiger partial charge on any atom is -0.454 e. The van der Waals surface area contributed by atoms with E-state index in [2.05, 4.69) is 6.58 Å². The van der Waals surface area contributed by atoms with Crippen molar-refractivity contribution in [1.29, 1.82) is 0 Å². The van der Waals surface area contributed by atoms with Gasteiger partial charge in [-0.05, 0) is 36.6 Å². The van der Waals surface area contributed by atoms with Gasteiger partial charge in [0.1, 0.15) is 0 Å². The second-order valence-electron chi connectivity index (χ2n) is 8.35. The molecule has 6 nitrogen and oxygen atoms in total. The number of hydrogen-bond acceptors (Lipinski definition) is 4. The lowest BCUT2D eigenvalue weighted by Gasteiger charge is -2.30. The van der Waals surface area contributed by atoms with Gasteiger partial charge in [-0.25, -0.2) is 0 Å². The number of hydrogen-bond donors (Lipinski definition) is 0. The monoisotopic (exact) mass is 418 g/mol. The molecule has 2 aromatic carbocycles.